The number of methoxy groups -OCH3 is 1. The highest BCUT2D eigenvalue weighted by Crippen LogP contribution is 2.34. The molecule has 1 heterocycles. The van der Waals surface area contributed by atoms with Gasteiger partial charge in [0, 0.05) is 53.9 Å². The van der Waals surface area contributed by atoms with Gasteiger partial charge in [-0.3, -0.25) is 0 Å². The van der Waals surface area contributed by atoms with Gasteiger partial charge in [-0.25, -0.2) is 4.98 Å². The SMILES string of the molecule is CNc1cc(N(C)C2CCC(CNCc3cc(Br)cc(Br)c3OC)CC2)nc2ccccc12. The van der Waals surface area contributed by atoms with Gasteiger partial charge in [-0.15, -0.1) is 0 Å². The molecule has 1 aliphatic carbocycles. The third kappa shape index (κ3) is 5.64. The van der Waals surface area contributed by atoms with E-state index in [2.05, 4.69) is 90.8 Å². The van der Waals surface area contributed by atoms with Crippen LogP contribution in [0.1, 0.15) is 31.2 Å². The van der Waals surface area contributed by atoms with Crippen molar-refractivity contribution < 1.29 is 4.74 Å². The molecule has 4 rings (SSSR count). The van der Waals surface area contributed by atoms with Crippen molar-refractivity contribution in [2.75, 3.05) is 38.0 Å². The first kappa shape index (κ1) is 24.3. The molecule has 3 aromatic rings. The van der Waals surface area contributed by atoms with Crippen molar-refractivity contribution in [1.82, 2.24) is 10.3 Å². The summed E-state index contributed by atoms with van der Waals surface area (Å²) < 4.78 is 7.61. The smallest absolute Gasteiger partial charge is 0.137 e. The van der Waals surface area contributed by atoms with Gasteiger partial charge in [0.25, 0.3) is 0 Å². The van der Waals surface area contributed by atoms with E-state index in [-0.39, 0.29) is 0 Å². The number of aromatic nitrogens is 1. The van der Waals surface area contributed by atoms with Gasteiger partial charge in [-0.1, -0.05) is 34.1 Å². The summed E-state index contributed by atoms with van der Waals surface area (Å²) in [6.45, 7) is 1.83. The largest absolute Gasteiger partial charge is 0.495 e. The van der Waals surface area contributed by atoms with Gasteiger partial charge in [-0.2, -0.15) is 0 Å². The van der Waals surface area contributed by atoms with Crippen molar-refractivity contribution in [3.63, 3.8) is 0 Å². The van der Waals surface area contributed by atoms with Crippen LogP contribution in [0.3, 0.4) is 0 Å². The summed E-state index contributed by atoms with van der Waals surface area (Å²) in [6, 6.07) is 15.2. The molecule has 0 bridgehead atoms. The zero-order chi connectivity index (χ0) is 23.4. The minimum absolute atomic E-state index is 0.528. The Kier molecular flexibility index (Phi) is 8.15. The monoisotopic (exact) mass is 574 g/mol. The van der Waals surface area contributed by atoms with E-state index in [4.69, 9.17) is 9.72 Å². The molecule has 1 fully saturated rings. The Morgan fingerprint density at radius 1 is 1.09 bits per heavy atom. The van der Waals surface area contributed by atoms with Crippen LogP contribution in [0.25, 0.3) is 10.9 Å². The van der Waals surface area contributed by atoms with Crippen LogP contribution in [0.4, 0.5) is 11.5 Å². The number of nitrogens with one attached hydrogen (secondary N) is 2. The van der Waals surface area contributed by atoms with Crippen LogP contribution in [-0.2, 0) is 6.54 Å². The third-order valence-corrected chi connectivity index (χ3v) is 7.78. The predicted octanol–water partition coefficient (Wildman–Crippen LogP) is 6.59. The normalized spacial score (nSPS) is 18.3. The number of hydrogen-bond donors (Lipinski definition) is 2. The van der Waals surface area contributed by atoms with Crippen molar-refractivity contribution in [2.45, 2.75) is 38.3 Å². The highest BCUT2D eigenvalue weighted by Gasteiger charge is 2.25. The number of benzene rings is 2. The molecule has 176 valence electrons. The zero-order valence-corrected chi connectivity index (χ0v) is 22.7. The second kappa shape index (κ2) is 11.1. The molecule has 0 radical (unpaired) electrons. The Balaban J connectivity index is 1.33. The van der Waals surface area contributed by atoms with Crippen LogP contribution in [0.5, 0.6) is 5.75 Å². The Morgan fingerprint density at radius 2 is 1.85 bits per heavy atom. The first-order valence-electron chi connectivity index (χ1n) is 11.5. The fraction of sp³-hybridized carbons (Fsp3) is 0.423. The van der Waals surface area contributed by atoms with E-state index in [1.807, 2.05) is 13.1 Å². The molecule has 2 aromatic carbocycles. The number of rotatable bonds is 8. The van der Waals surface area contributed by atoms with Crippen molar-refractivity contribution in [3.8, 4) is 5.75 Å². The van der Waals surface area contributed by atoms with Crippen LogP contribution < -0.4 is 20.3 Å². The van der Waals surface area contributed by atoms with Gasteiger partial charge in [-0.05, 0) is 72.3 Å². The summed E-state index contributed by atoms with van der Waals surface area (Å²) >= 11 is 7.17. The van der Waals surface area contributed by atoms with Crippen LogP contribution in [0, 0.1) is 5.92 Å². The van der Waals surface area contributed by atoms with E-state index >= 15 is 0 Å². The molecule has 0 unspecified atom stereocenters. The molecule has 0 amide bonds. The number of anilines is 2. The van der Waals surface area contributed by atoms with Crippen molar-refractivity contribution in [1.29, 1.82) is 0 Å². The van der Waals surface area contributed by atoms with Crippen LogP contribution >= 0.6 is 31.9 Å². The molecule has 33 heavy (non-hydrogen) atoms. The van der Waals surface area contributed by atoms with E-state index in [0.717, 1.165) is 50.4 Å². The zero-order valence-electron chi connectivity index (χ0n) is 19.5. The summed E-state index contributed by atoms with van der Waals surface area (Å²) in [5.74, 6) is 2.65. The van der Waals surface area contributed by atoms with E-state index < -0.39 is 0 Å². The first-order valence-corrected chi connectivity index (χ1v) is 13.1. The number of hydrogen-bond acceptors (Lipinski definition) is 5. The summed E-state index contributed by atoms with van der Waals surface area (Å²) in [5.41, 5.74) is 3.34. The Bertz CT molecular complexity index is 1100. The number of pyridine rings is 1. The maximum absolute atomic E-state index is 5.58. The van der Waals surface area contributed by atoms with Gasteiger partial charge in [0.1, 0.15) is 11.6 Å². The Labute approximate surface area is 213 Å². The second-order valence-corrected chi connectivity index (χ2v) is 10.6. The molecule has 0 spiro atoms. The number of para-hydroxylation sites is 1. The fourth-order valence-corrected chi connectivity index (χ4v) is 6.33. The molecule has 1 aliphatic rings. The summed E-state index contributed by atoms with van der Waals surface area (Å²) in [7, 11) is 5.89. The minimum atomic E-state index is 0.528. The topological polar surface area (TPSA) is 49.4 Å². The number of halogens is 2. The van der Waals surface area contributed by atoms with Gasteiger partial charge in [0.15, 0.2) is 0 Å². The van der Waals surface area contributed by atoms with Gasteiger partial charge >= 0.3 is 0 Å². The van der Waals surface area contributed by atoms with Crippen LogP contribution in [-0.4, -0.2) is 38.8 Å². The number of ether oxygens (including phenoxy) is 1. The van der Waals surface area contributed by atoms with E-state index in [0.29, 0.717) is 12.0 Å². The molecule has 1 saturated carbocycles. The molecule has 0 saturated heterocycles. The Morgan fingerprint density at radius 3 is 2.58 bits per heavy atom. The maximum Gasteiger partial charge on any atom is 0.137 e. The lowest BCUT2D eigenvalue weighted by Gasteiger charge is -2.35. The fourth-order valence-electron chi connectivity index (χ4n) is 4.86. The highest BCUT2D eigenvalue weighted by molar-refractivity contribution is 9.11. The second-order valence-electron chi connectivity index (χ2n) is 8.79. The Hall–Kier alpha value is -1.83. The number of nitrogens with zero attached hydrogens (tertiary/aromatic N) is 2. The summed E-state index contributed by atoms with van der Waals surface area (Å²) in [5, 5.41) is 8.16. The average molecular weight is 576 g/mol. The summed E-state index contributed by atoms with van der Waals surface area (Å²) in [4.78, 5) is 7.32. The molecular formula is C26H32Br2N4O. The van der Waals surface area contributed by atoms with Gasteiger partial charge in [0.05, 0.1) is 17.1 Å². The molecule has 2 N–H and O–H groups in total. The standard InChI is InChI=1S/C26H32Br2N4O/c1-29-24-14-25(31-23-7-5-4-6-21(23)24)32(2)20-10-8-17(9-11-20)15-30-16-18-12-19(27)13-22(28)26(18)33-3/h4-7,12-14,17,20,30H,8-11,15-16H2,1-3H3,(H,29,31). The lowest BCUT2D eigenvalue weighted by Crippen LogP contribution is -2.37. The van der Waals surface area contributed by atoms with E-state index in [1.165, 1.54) is 31.1 Å². The predicted molar refractivity (Wildman–Crippen MR) is 146 cm³/mol. The molecule has 5 nitrogen and oxygen atoms in total. The molecular weight excluding hydrogens is 544 g/mol. The lowest BCUT2D eigenvalue weighted by atomic mass is 9.85. The van der Waals surface area contributed by atoms with Crippen LogP contribution in [0.2, 0.25) is 0 Å². The van der Waals surface area contributed by atoms with Gasteiger partial charge in [0.2, 0.25) is 0 Å². The average Bonchev–Trinajstić information content (AvgIpc) is 2.83. The molecule has 0 atom stereocenters. The first-order chi connectivity index (χ1) is 16.0. The van der Waals surface area contributed by atoms with Crippen molar-refractivity contribution >= 4 is 54.3 Å². The molecule has 7 heteroatoms. The highest BCUT2D eigenvalue weighted by atomic mass is 79.9. The van der Waals surface area contributed by atoms with Crippen LogP contribution in [0.15, 0.2) is 51.4 Å². The van der Waals surface area contributed by atoms with E-state index in [1.54, 1.807) is 7.11 Å². The lowest BCUT2D eigenvalue weighted by molar-refractivity contribution is 0.308. The molecule has 0 aliphatic heterocycles. The molecule has 1 aromatic heterocycles. The quantitative estimate of drug-likeness (QED) is 0.317. The number of fused-ring (bicyclic) bond motifs is 1. The summed E-state index contributed by atoms with van der Waals surface area (Å²) in [6.07, 6.45) is 4.84. The van der Waals surface area contributed by atoms with Crippen molar-refractivity contribution in [2.24, 2.45) is 5.92 Å². The van der Waals surface area contributed by atoms with Crippen molar-refractivity contribution in [3.05, 3.63) is 57.0 Å². The third-order valence-electron chi connectivity index (χ3n) is 6.74. The van der Waals surface area contributed by atoms with E-state index in [9.17, 15) is 0 Å². The minimum Gasteiger partial charge on any atom is -0.495 e. The van der Waals surface area contributed by atoms with Gasteiger partial charge < -0.3 is 20.3 Å². The maximum atomic E-state index is 5.58.